The largest absolute Gasteiger partial charge is 0.457 e. The smallest absolute Gasteiger partial charge is 0.239 e. The number of amides is 1. The molecule has 0 bridgehead atoms. The highest BCUT2D eigenvalue weighted by molar-refractivity contribution is 5.80. The SMILES string of the molecule is O=C(CNc1ccc(Oc2ccccc2)cc1)NCCC1=CCCCC1. The van der Waals surface area contributed by atoms with Gasteiger partial charge in [0.15, 0.2) is 0 Å². The summed E-state index contributed by atoms with van der Waals surface area (Å²) in [6.45, 7) is 0.994. The molecule has 0 fully saturated rings. The molecule has 0 unspecified atom stereocenters. The number of benzene rings is 2. The number of nitrogens with one attached hydrogen (secondary N) is 2. The first kappa shape index (κ1) is 18.1. The maximum atomic E-state index is 11.9. The molecule has 3 rings (SSSR count). The molecule has 0 aromatic heterocycles. The van der Waals surface area contributed by atoms with Gasteiger partial charge >= 0.3 is 0 Å². The lowest BCUT2D eigenvalue weighted by Gasteiger charge is -2.13. The van der Waals surface area contributed by atoms with E-state index in [1.807, 2.05) is 54.6 Å². The van der Waals surface area contributed by atoms with Crippen molar-refractivity contribution in [2.75, 3.05) is 18.4 Å². The standard InChI is InChI=1S/C22H26N2O2/c25-22(23-16-15-18-7-3-1-4-8-18)17-24-19-11-13-21(14-12-19)26-20-9-5-2-6-10-20/h2,5-7,9-14,24H,1,3-4,8,15-17H2,(H,23,25). The highest BCUT2D eigenvalue weighted by atomic mass is 16.5. The molecule has 0 heterocycles. The molecule has 1 aliphatic rings. The van der Waals surface area contributed by atoms with Gasteiger partial charge in [-0.15, -0.1) is 0 Å². The zero-order valence-corrected chi connectivity index (χ0v) is 15.0. The first-order valence-electron chi connectivity index (χ1n) is 9.31. The first-order valence-corrected chi connectivity index (χ1v) is 9.31. The summed E-state index contributed by atoms with van der Waals surface area (Å²) in [6, 6.07) is 17.3. The normalized spacial score (nSPS) is 13.6. The highest BCUT2D eigenvalue weighted by Crippen LogP contribution is 2.22. The van der Waals surface area contributed by atoms with E-state index < -0.39 is 0 Å². The van der Waals surface area contributed by atoms with Crippen molar-refractivity contribution < 1.29 is 9.53 Å². The lowest BCUT2D eigenvalue weighted by molar-refractivity contribution is -0.119. The molecular weight excluding hydrogens is 324 g/mol. The maximum Gasteiger partial charge on any atom is 0.239 e. The van der Waals surface area contributed by atoms with E-state index in [9.17, 15) is 4.79 Å². The molecule has 4 heteroatoms. The second-order valence-electron chi connectivity index (χ2n) is 6.50. The molecule has 2 aromatic rings. The van der Waals surface area contributed by atoms with Crippen LogP contribution in [0.25, 0.3) is 0 Å². The summed E-state index contributed by atoms with van der Waals surface area (Å²) in [4.78, 5) is 11.9. The fraction of sp³-hybridized carbons (Fsp3) is 0.318. The van der Waals surface area contributed by atoms with Gasteiger partial charge in [-0.2, -0.15) is 0 Å². The van der Waals surface area contributed by atoms with Crippen LogP contribution in [-0.2, 0) is 4.79 Å². The molecule has 4 nitrogen and oxygen atoms in total. The van der Waals surface area contributed by atoms with Crippen LogP contribution in [0.2, 0.25) is 0 Å². The number of carbonyl (C=O) groups excluding carboxylic acids is 1. The number of allylic oxidation sites excluding steroid dienone is 1. The number of para-hydroxylation sites is 1. The van der Waals surface area contributed by atoms with Gasteiger partial charge in [0, 0.05) is 12.2 Å². The molecule has 1 amide bonds. The van der Waals surface area contributed by atoms with Crippen LogP contribution in [0.3, 0.4) is 0 Å². The van der Waals surface area contributed by atoms with Crippen molar-refractivity contribution in [3.05, 3.63) is 66.2 Å². The number of hydrogen-bond acceptors (Lipinski definition) is 3. The molecular formula is C22H26N2O2. The van der Waals surface area contributed by atoms with E-state index >= 15 is 0 Å². The van der Waals surface area contributed by atoms with Crippen LogP contribution in [0.15, 0.2) is 66.2 Å². The summed E-state index contributed by atoms with van der Waals surface area (Å²) in [5, 5.41) is 6.12. The van der Waals surface area contributed by atoms with Crippen LogP contribution in [0, 0.1) is 0 Å². The van der Waals surface area contributed by atoms with E-state index in [2.05, 4.69) is 16.7 Å². The van der Waals surface area contributed by atoms with Crippen LogP contribution in [0.4, 0.5) is 5.69 Å². The zero-order valence-electron chi connectivity index (χ0n) is 15.0. The minimum Gasteiger partial charge on any atom is -0.457 e. The Morgan fingerprint density at radius 3 is 2.46 bits per heavy atom. The lowest BCUT2D eigenvalue weighted by atomic mass is 9.97. The number of anilines is 1. The van der Waals surface area contributed by atoms with Crippen molar-refractivity contribution in [1.82, 2.24) is 5.32 Å². The second-order valence-corrected chi connectivity index (χ2v) is 6.50. The predicted molar refractivity (Wildman–Crippen MR) is 106 cm³/mol. The topological polar surface area (TPSA) is 50.4 Å². The quantitative estimate of drug-likeness (QED) is 0.666. The fourth-order valence-electron chi connectivity index (χ4n) is 3.00. The minimum atomic E-state index is 0.0195. The molecule has 0 aliphatic heterocycles. The molecule has 2 N–H and O–H groups in total. The Balaban J connectivity index is 1.37. The zero-order chi connectivity index (χ0) is 18.0. The Morgan fingerprint density at radius 1 is 0.962 bits per heavy atom. The van der Waals surface area contributed by atoms with Gasteiger partial charge < -0.3 is 15.4 Å². The predicted octanol–water partition coefficient (Wildman–Crippen LogP) is 4.90. The van der Waals surface area contributed by atoms with Crippen LogP contribution < -0.4 is 15.4 Å². The van der Waals surface area contributed by atoms with Crippen LogP contribution in [0.5, 0.6) is 11.5 Å². The second kappa shape index (κ2) is 9.66. The Bertz CT molecular complexity index is 724. The number of ether oxygens (including phenoxy) is 1. The van der Waals surface area contributed by atoms with Gasteiger partial charge in [0.1, 0.15) is 11.5 Å². The first-order chi connectivity index (χ1) is 12.8. The summed E-state index contributed by atoms with van der Waals surface area (Å²) in [5.74, 6) is 1.60. The van der Waals surface area contributed by atoms with Gasteiger partial charge in [-0.3, -0.25) is 4.79 Å². The van der Waals surface area contributed by atoms with E-state index in [-0.39, 0.29) is 12.5 Å². The van der Waals surface area contributed by atoms with Gasteiger partial charge in [0.25, 0.3) is 0 Å². The van der Waals surface area contributed by atoms with Crippen molar-refractivity contribution in [1.29, 1.82) is 0 Å². The maximum absolute atomic E-state index is 11.9. The van der Waals surface area contributed by atoms with E-state index in [1.165, 1.54) is 31.3 Å². The monoisotopic (exact) mass is 350 g/mol. The van der Waals surface area contributed by atoms with Gasteiger partial charge in [-0.1, -0.05) is 29.8 Å². The van der Waals surface area contributed by atoms with E-state index in [0.29, 0.717) is 0 Å². The molecule has 0 saturated carbocycles. The third kappa shape index (κ3) is 5.96. The van der Waals surface area contributed by atoms with Gasteiger partial charge in [0.05, 0.1) is 6.54 Å². The lowest BCUT2D eigenvalue weighted by Crippen LogP contribution is -2.30. The van der Waals surface area contributed by atoms with Crippen LogP contribution in [0.1, 0.15) is 32.1 Å². The Hall–Kier alpha value is -2.75. The molecule has 1 aliphatic carbocycles. The molecule has 136 valence electrons. The van der Waals surface area contributed by atoms with Crippen molar-refractivity contribution in [3.63, 3.8) is 0 Å². The molecule has 0 saturated heterocycles. The van der Waals surface area contributed by atoms with Gasteiger partial charge in [-0.25, -0.2) is 0 Å². The molecule has 0 atom stereocenters. The number of hydrogen-bond donors (Lipinski definition) is 2. The summed E-state index contributed by atoms with van der Waals surface area (Å²) in [5.41, 5.74) is 2.38. The van der Waals surface area contributed by atoms with E-state index in [4.69, 9.17) is 4.74 Å². The van der Waals surface area contributed by atoms with E-state index in [1.54, 1.807) is 0 Å². The summed E-state index contributed by atoms with van der Waals surface area (Å²) < 4.78 is 5.76. The van der Waals surface area contributed by atoms with Crippen molar-refractivity contribution >= 4 is 11.6 Å². The van der Waals surface area contributed by atoms with Crippen molar-refractivity contribution in [3.8, 4) is 11.5 Å². The molecule has 26 heavy (non-hydrogen) atoms. The average Bonchev–Trinajstić information content (AvgIpc) is 2.69. The summed E-state index contributed by atoms with van der Waals surface area (Å²) >= 11 is 0. The van der Waals surface area contributed by atoms with Crippen molar-refractivity contribution in [2.24, 2.45) is 0 Å². The Morgan fingerprint density at radius 2 is 1.73 bits per heavy atom. The minimum absolute atomic E-state index is 0.0195. The Kier molecular flexibility index (Phi) is 6.71. The van der Waals surface area contributed by atoms with Crippen LogP contribution in [-0.4, -0.2) is 19.0 Å². The number of carbonyl (C=O) groups is 1. The fourth-order valence-corrected chi connectivity index (χ4v) is 3.00. The molecule has 2 aromatic carbocycles. The van der Waals surface area contributed by atoms with Gasteiger partial charge in [-0.05, 0) is 68.5 Å². The third-order valence-electron chi connectivity index (χ3n) is 4.44. The van der Waals surface area contributed by atoms with Gasteiger partial charge in [0.2, 0.25) is 5.91 Å². The van der Waals surface area contributed by atoms with E-state index in [0.717, 1.165) is 30.2 Å². The summed E-state index contributed by atoms with van der Waals surface area (Å²) in [6.07, 6.45) is 8.25. The average molecular weight is 350 g/mol. The van der Waals surface area contributed by atoms with Crippen molar-refractivity contribution in [2.45, 2.75) is 32.1 Å². The number of rotatable bonds is 8. The van der Waals surface area contributed by atoms with Crippen LogP contribution >= 0.6 is 0 Å². The summed E-state index contributed by atoms with van der Waals surface area (Å²) in [7, 11) is 0. The molecule has 0 spiro atoms. The third-order valence-corrected chi connectivity index (χ3v) is 4.44. The highest BCUT2D eigenvalue weighted by Gasteiger charge is 2.05. The Labute approximate surface area is 155 Å². The molecule has 0 radical (unpaired) electrons.